The van der Waals surface area contributed by atoms with Crippen molar-refractivity contribution in [2.75, 3.05) is 50.1 Å². The topological polar surface area (TPSA) is 70.6 Å². The Kier molecular flexibility index (Phi) is 5.65. The monoisotopic (exact) mass is 327 g/mol. The number of halogens is 1. The largest absolute Gasteiger partial charge is 0.449 e. The molecule has 0 saturated carbocycles. The minimum absolute atomic E-state index is 0.247. The summed E-state index contributed by atoms with van der Waals surface area (Å²) in [5, 5.41) is 3.42. The fourth-order valence-corrected chi connectivity index (χ4v) is 2.46. The van der Waals surface area contributed by atoms with Crippen LogP contribution in [0.4, 0.5) is 16.3 Å². The van der Waals surface area contributed by atoms with Crippen molar-refractivity contribution in [1.82, 2.24) is 14.9 Å². The number of nitrogens with zero attached hydrogens (tertiary/aromatic N) is 4. The van der Waals surface area contributed by atoms with Crippen molar-refractivity contribution in [1.29, 1.82) is 0 Å². The molecule has 1 fully saturated rings. The maximum Gasteiger partial charge on any atom is 0.409 e. The lowest BCUT2D eigenvalue weighted by Crippen LogP contribution is -2.49. The second-order valence-corrected chi connectivity index (χ2v) is 5.92. The zero-order valence-corrected chi connectivity index (χ0v) is 13.9. The maximum absolute atomic E-state index is 11.9. The molecule has 2 rings (SSSR count). The molecule has 0 spiro atoms. The van der Waals surface area contributed by atoms with Crippen LogP contribution in [0.1, 0.15) is 13.8 Å². The van der Waals surface area contributed by atoms with Crippen LogP contribution in [0.2, 0.25) is 5.15 Å². The first-order chi connectivity index (χ1) is 10.5. The van der Waals surface area contributed by atoms with Crippen LogP contribution in [0.3, 0.4) is 0 Å². The number of ether oxygens (including phenoxy) is 1. The van der Waals surface area contributed by atoms with Gasteiger partial charge in [-0.3, -0.25) is 0 Å². The number of nitrogens with one attached hydrogen (secondary N) is 1. The first-order valence-electron chi connectivity index (χ1n) is 7.37. The third kappa shape index (κ3) is 3.91. The lowest BCUT2D eigenvalue weighted by molar-refractivity contribution is 0.0901. The smallest absolute Gasteiger partial charge is 0.409 e. The van der Waals surface area contributed by atoms with Crippen molar-refractivity contribution in [2.24, 2.45) is 5.92 Å². The van der Waals surface area contributed by atoms with E-state index in [0.29, 0.717) is 49.5 Å². The first-order valence-corrected chi connectivity index (χ1v) is 7.75. The molecule has 1 aliphatic heterocycles. The highest BCUT2D eigenvalue weighted by Crippen LogP contribution is 2.29. The lowest BCUT2D eigenvalue weighted by Gasteiger charge is -2.35. The Bertz CT molecular complexity index is 518. The van der Waals surface area contributed by atoms with Gasteiger partial charge in [-0.2, -0.15) is 0 Å². The summed E-state index contributed by atoms with van der Waals surface area (Å²) in [6.07, 6.45) is 1.20. The quantitative estimate of drug-likeness (QED) is 0.854. The van der Waals surface area contributed by atoms with Gasteiger partial charge in [0.2, 0.25) is 0 Å². The molecular weight excluding hydrogens is 306 g/mol. The van der Waals surface area contributed by atoms with Crippen molar-refractivity contribution in [2.45, 2.75) is 13.8 Å². The van der Waals surface area contributed by atoms with E-state index >= 15 is 0 Å². The fourth-order valence-electron chi connectivity index (χ4n) is 2.24. The second kappa shape index (κ2) is 7.49. The van der Waals surface area contributed by atoms with Gasteiger partial charge >= 0.3 is 6.09 Å². The van der Waals surface area contributed by atoms with Crippen molar-refractivity contribution < 1.29 is 9.53 Å². The number of aromatic nitrogens is 2. The molecule has 1 aromatic heterocycles. The van der Waals surface area contributed by atoms with Gasteiger partial charge in [-0.15, -0.1) is 0 Å². The van der Waals surface area contributed by atoms with E-state index in [4.69, 9.17) is 16.3 Å². The van der Waals surface area contributed by atoms with Gasteiger partial charge in [0.05, 0.1) is 6.61 Å². The van der Waals surface area contributed by atoms with Crippen LogP contribution in [-0.2, 0) is 4.74 Å². The number of anilines is 2. The molecular formula is C14H22ClN5O2. The molecule has 1 saturated heterocycles. The first kappa shape index (κ1) is 16.6. The van der Waals surface area contributed by atoms with Gasteiger partial charge in [0.15, 0.2) is 11.0 Å². The molecule has 1 N–H and O–H groups in total. The van der Waals surface area contributed by atoms with Gasteiger partial charge in [0, 0.05) is 33.2 Å². The Balaban J connectivity index is 1.95. The van der Waals surface area contributed by atoms with Gasteiger partial charge in [-0.05, 0) is 5.92 Å². The zero-order chi connectivity index (χ0) is 16.1. The maximum atomic E-state index is 11.9. The van der Waals surface area contributed by atoms with Crippen molar-refractivity contribution in [3.63, 3.8) is 0 Å². The van der Waals surface area contributed by atoms with Gasteiger partial charge < -0.3 is 19.9 Å². The minimum Gasteiger partial charge on any atom is -0.449 e. The minimum atomic E-state index is -0.247. The number of rotatable bonds is 4. The number of carbonyl (C=O) groups excluding carboxylic acids is 1. The van der Waals surface area contributed by atoms with Crippen LogP contribution in [0.25, 0.3) is 0 Å². The van der Waals surface area contributed by atoms with Crippen LogP contribution in [0.15, 0.2) is 6.33 Å². The molecule has 0 aromatic carbocycles. The van der Waals surface area contributed by atoms with Gasteiger partial charge in [0.25, 0.3) is 0 Å². The van der Waals surface area contributed by atoms with E-state index in [0.717, 1.165) is 5.82 Å². The predicted molar refractivity (Wildman–Crippen MR) is 86.6 cm³/mol. The summed E-state index contributed by atoms with van der Waals surface area (Å²) in [7, 11) is 1.79. The average molecular weight is 328 g/mol. The van der Waals surface area contributed by atoms with E-state index in [9.17, 15) is 4.79 Å². The van der Waals surface area contributed by atoms with Crippen LogP contribution >= 0.6 is 11.6 Å². The Labute approximate surface area is 135 Å². The molecule has 0 aliphatic carbocycles. The molecule has 22 heavy (non-hydrogen) atoms. The SMILES string of the molecule is CNc1c(Cl)ncnc1N1CCN(C(=O)OCC(C)C)CC1. The van der Waals surface area contributed by atoms with E-state index in [1.165, 1.54) is 6.33 Å². The van der Waals surface area contributed by atoms with E-state index in [1.807, 2.05) is 13.8 Å². The fraction of sp³-hybridized carbons (Fsp3) is 0.643. The second-order valence-electron chi connectivity index (χ2n) is 5.56. The van der Waals surface area contributed by atoms with Crippen molar-refractivity contribution in [3.05, 3.63) is 11.5 Å². The Morgan fingerprint density at radius 2 is 2.05 bits per heavy atom. The molecule has 1 amide bonds. The molecule has 0 atom stereocenters. The van der Waals surface area contributed by atoms with Crippen LogP contribution in [0, 0.1) is 5.92 Å². The molecule has 1 aromatic rings. The summed E-state index contributed by atoms with van der Waals surface area (Å²) in [5.74, 6) is 1.10. The summed E-state index contributed by atoms with van der Waals surface area (Å²) in [4.78, 5) is 24.0. The van der Waals surface area contributed by atoms with E-state index in [2.05, 4.69) is 20.2 Å². The highest BCUT2D eigenvalue weighted by atomic mass is 35.5. The van der Waals surface area contributed by atoms with Gasteiger partial charge in [-0.25, -0.2) is 14.8 Å². The number of carbonyl (C=O) groups is 1. The van der Waals surface area contributed by atoms with Gasteiger partial charge in [-0.1, -0.05) is 25.4 Å². The molecule has 1 aliphatic rings. The summed E-state index contributed by atoms with van der Waals surface area (Å²) < 4.78 is 5.26. The van der Waals surface area contributed by atoms with Crippen molar-refractivity contribution >= 4 is 29.2 Å². The summed E-state index contributed by atoms with van der Waals surface area (Å²) in [6, 6.07) is 0. The van der Waals surface area contributed by atoms with Crippen LogP contribution < -0.4 is 10.2 Å². The summed E-state index contributed by atoms with van der Waals surface area (Å²) in [5.41, 5.74) is 0.708. The predicted octanol–water partition coefficient (Wildman–Crippen LogP) is 2.09. The summed E-state index contributed by atoms with van der Waals surface area (Å²) >= 11 is 6.07. The molecule has 8 heteroatoms. The molecule has 0 unspecified atom stereocenters. The van der Waals surface area contributed by atoms with Gasteiger partial charge in [0.1, 0.15) is 12.0 Å². The number of hydrogen-bond acceptors (Lipinski definition) is 6. The lowest BCUT2D eigenvalue weighted by atomic mass is 10.2. The molecule has 122 valence electrons. The van der Waals surface area contributed by atoms with E-state index < -0.39 is 0 Å². The number of piperazine rings is 1. The molecule has 0 radical (unpaired) electrons. The highest BCUT2D eigenvalue weighted by Gasteiger charge is 2.25. The van der Waals surface area contributed by atoms with E-state index in [-0.39, 0.29) is 6.09 Å². The molecule has 7 nitrogen and oxygen atoms in total. The standard InChI is InChI=1S/C14H22ClN5O2/c1-10(2)8-22-14(21)20-6-4-19(5-7-20)13-11(16-3)12(15)17-9-18-13/h9-10,16H,4-8H2,1-3H3. The van der Waals surface area contributed by atoms with Crippen molar-refractivity contribution in [3.8, 4) is 0 Å². The summed E-state index contributed by atoms with van der Waals surface area (Å²) in [6.45, 7) is 7.04. The number of amides is 1. The molecule has 2 heterocycles. The number of hydrogen-bond donors (Lipinski definition) is 1. The zero-order valence-electron chi connectivity index (χ0n) is 13.2. The third-order valence-corrected chi connectivity index (χ3v) is 3.70. The Morgan fingerprint density at radius 3 is 2.64 bits per heavy atom. The Morgan fingerprint density at radius 1 is 1.36 bits per heavy atom. The third-order valence-electron chi connectivity index (χ3n) is 3.41. The highest BCUT2D eigenvalue weighted by molar-refractivity contribution is 6.32. The molecule has 0 bridgehead atoms. The van der Waals surface area contributed by atoms with Crippen LogP contribution in [-0.4, -0.2) is 60.8 Å². The normalized spacial score (nSPS) is 15.1. The van der Waals surface area contributed by atoms with E-state index in [1.54, 1.807) is 11.9 Å². The van der Waals surface area contributed by atoms with Crippen LogP contribution in [0.5, 0.6) is 0 Å². The Hall–Kier alpha value is -1.76. The average Bonchev–Trinajstić information content (AvgIpc) is 2.52.